The van der Waals surface area contributed by atoms with Crippen molar-refractivity contribution in [3.63, 3.8) is 0 Å². The zero-order valence-corrected chi connectivity index (χ0v) is 15.9. The van der Waals surface area contributed by atoms with Gasteiger partial charge in [0.15, 0.2) is 0 Å². The van der Waals surface area contributed by atoms with E-state index in [1.165, 1.54) is 44.9 Å². The molecule has 3 N–H and O–H groups in total. The van der Waals surface area contributed by atoms with Gasteiger partial charge in [0.25, 0.3) is 0 Å². The Morgan fingerprint density at radius 1 is 0.960 bits per heavy atom. The molecule has 4 fully saturated rings. The summed E-state index contributed by atoms with van der Waals surface area (Å²) in [6.45, 7) is 2.21. The highest BCUT2D eigenvalue weighted by Gasteiger charge is 2.54. The van der Waals surface area contributed by atoms with Gasteiger partial charge >= 0.3 is 0 Å². The van der Waals surface area contributed by atoms with Gasteiger partial charge in [-0.25, -0.2) is 0 Å². The van der Waals surface area contributed by atoms with Crippen molar-refractivity contribution in [1.29, 1.82) is 0 Å². The predicted molar refractivity (Wildman–Crippen MR) is 99.7 cm³/mol. The van der Waals surface area contributed by atoms with Crippen molar-refractivity contribution in [3.05, 3.63) is 0 Å². The van der Waals surface area contributed by atoms with Crippen LogP contribution in [0.1, 0.15) is 90.4 Å². The van der Waals surface area contributed by atoms with Crippen molar-refractivity contribution in [2.24, 2.45) is 28.9 Å². The maximum absolute atomic E-state index is 13.1. The van der Waals surface area contributed by atoms with Crippen molar-refractivity contribution in [1.82, 2.24) is 5.32 Å². The first kappa shape index (κ1) is 18.7. The molecule has 0 spiro atoms. The summed E-state index contributed by atoms with van der Waals surface area (Å²) in [5.41, 5.74) is 5.39. The molecule has 4 bridgehead atoms. The second-order valence-corrected chi connectivity index (χ2v) is 9.18. The van der Waals surface area contributed by atoms with Gasteiger partial charge in [-0.2, -0.15) is 0 Å². The largest absolute Gasteiger partial charge is 0.368 e. The first-order chi connectivity index (χ1) is 12.0. The lowest BCUT2D eigenvalue weighted by molar-refractivity contribution is -0.148. The predicted octanol–water partition coefficient (Wildman–Crippen LogP) is 3.92. The molecule has 4 aliphatic rings. The fourth-order valence-electron chi connectivity index (χ4n) is 6.11. The summed E-state index contributed by atoms with van der Waals surface area (Å²) in [5.74, 6) is 1.97. The van der Waals surface area contributed by atoms with Crippen LogP contribution in [0.5, 0.6) is 0 Å². The lowest BCUT2D eigenvalue weighted by Crippen LogP contribution is -2.56. The molecule has 4 rings (SSSR count). The molecule has 142 valence electrons. The highest BCUT2D eigenvalue weighted by Crippen LogP contribution is 2.60. The minimum atomic E-state index is -0.480. The number of nitrogens with two attached hydrogens (primary N) is 1. The van der Waals surface area contributed by atoms with Gasteiger partial charge in [-0.1, -0.05) is 45.4 Å². The van der Waals surface area contributed by atoms with Crippen LogP contribution in [0.4, 0.5) is 0 Å². The van der Waals surface area contributed by atoms with Gasteiger partial charge in [-0.15, -0.1) is 0 Å². The van der Waals surface area contributed by atoms with Crippen molar-refractivity contribution in [2.45, 2.75) is 96.4 Å². The molecule has 0 aliphatic heterocycles. The number of hydrogen-bond donors (Lipinski definition) is 2. The van der Waals surface area contributed by atoms with E-state index in [0.717, 1.165) is 49.9 Å². The van der Waals surface area contributed by atoms with Crippen LogP contribution in [0.3, 0.4) is 0 Å². The van der Waals surface area contributed by atoms with Crippen LogP contribution in [0.2, 0.25) is 0 Å². The van der Waals surface area contributed by atoms with Crippen LogP contribution >= 0.6 is 0 Å². The van der Waals surface area contributed by atoms with Gasteiger partial charge in [0.2, 0.25) is 11.8 Å². The highest BCUT2D eigenvalue weighted by atomic mass is 16.2. The molecular weight excluding hydrogens is 312 g/mol. The van der Waals surface area contributed by atoms with E-state index in [1.54, 1.807) is 0 Å². The zero-order chi connectivity index (χ0) is 17.9. The van der Waals surface area contributed by atoms with Crippen LogP contribution in [0.25, 0.3) is 0 Å². The topological polar surface area (TPSA) is 72.2 Å². The molecule has 0 aromatic heterocycles. The van der Waals surface area contributed by atoms with E-state index in [1.807, 2.05) is 0 Å². The molecule has 4 saturated carbocycles. The number of amides is 2. The third kappa shape index (κ3) is 4.38. The first-order valence-electron chi connectivity index (χ1n) is 10.6. The number of carbonyl (C=O) groups excluding carboxylic acids is 2. The Kier molecular flexibility index (Phi) is 6.06. The summed E-state index contributed by atoms with van der Waals surface area (Å²) in [4.78, 5) is 24.9. The summed E-state index contributed by atoms with van der Waals surface area (Å²) < 4.78 is 0. The van der Waals surface area contributed by atoms with Crippen molar-refractivity contribution in [2.75, 3.05) is 0 Å². The summed E-state index contributed by atoms with van der Waals surface area (Å²) in [6, 6.07) is -0.480. The van der Waals surface area contributed by atoms with Crippen LogP contribution < -0.4 is 11.1 Å². The molecule has 0 aromatic rings. The quantitative estimate of drug-likeness (QED) is 0.587. The number of rotatable bonds is 10. The third-order valence-electron chi connectivity index (χ3n) is 7.02. The molecule has 0 aromatic carbocycles. The van der Waals surface area contributed by atoms with Crippen molar-refractivity contribution >= 4 is 11.8 Å². The molecule has 1 atom stereocenters. The lowest BCUT2D eigenvalue weighted by atomic mass is 9.49. The highest BCUT2D eigenvalue weighted by molar-refractivity contribution is 5.89. The number of carbonyl (C=O) groups is 2. The average molecular weight is 349 g/mol. The standard InChI is InChI=1S/C21H36N2O2/c1-2-3-4-5-6-7-8-18(19(22)24)23-20(25)21-12-15-9-16(13-21)11-17(10-15)14-21/h15-18H,2-14H2,1H3,(H2,22,24)(H,23,25)/t15?,16?,17?,18-,21?/m1/s1. The minimum absolute atomic E-state index is 0.126. The molecule has 4 heteroatoms. The Labute approximate surface area is 152 Å². The molecule has 0 radical (unpaired) electrons. The Balaban J connectivity index is 1.50. The second kappa shape index (κ2) is 8.09. The molecule has 4 nitrogen and oxygen atoms in total. The Hall–Kier alpha value is -1.06. The Morgan fingerprint density at radius 2 is 1.48 bits per heavy atom. The van der Waals surface area contributed by atoms with Gasteiger partial charge in [0.05, 0.1) is 0 Å². The van der Waals surface area contributed by atoms with Crippen molar-refractivity contribution < 1.29 is 9.59 Å². The van der Waals surface area contributed by atoms with Gasteiger partial charge in [-0.3, -0.25) is 9.59 Å². The van der Waals surface area contributed by atoms with Crippen LogP contribution in [0, 0.1) is 23.2 Å². The number of hydrogen-bond acceptors (Lipinski definition) is 2. The van der Waals surface area contributed by atoms with E-state index < -0.39 is 6.04 Å². The molecule has 2 amide bonds. The molecule has 0 saturated heterocycles. The van der Waals surface area contributed by atoms with E-state index in [0.29, 0.717) is 6.42 Å². The molecule has 0 unspecified atom stereocenters. The van der Waals surface area contributed by atoms with Gasteiger partial charge in [0.1, 0.15) is 6.04 Å². The third-order valence-corrected chi connectivity index (χ3v) is 7.02. The van der Waals surface area contributed by atoms with E-state index in [2.05, 4.69) is 12.2 Å². The maximum atomic E-state index is 13.1. The Bertz CT molecular complexity index is 453. The minimum Gasteiger partial charge on any atom is -0.368 e. The van der Waals surface area contributed by atoms with Gasteiger partial charge in [-0.05, 0) is 62.7 Å². The normalized spacial score (nSPS) is 34.0. The zero-order valence-electron chi connectivity index (χ0n) is 15.9. The van der Waals surface area contributed by atoms with Gasteiger partial charge < -0.3 is 11.1 Å². The number of nitrogens with one attached hydrogen (secondary N) is 1. The number of unbranched alkanes of at least 4 members (excludes halogenated alkanes) is 5. The SMILES string of the molecule is CCCCCCCC[C@@H](NC(=O)C12CC3CC(CC(C3)C1)C2)C(N)=O. The van der Waals surface area contributed by atoms with E-state index in [9.17, 15) is 9.59 Å². The van der Waals surface area contributed by atoms with Crippen LogP contribution in [-0.4, -0.2) is 17.9 Å². The summed E-state index contributed by atoms with van der Waals surface area (Å²) in [6.07, 6.45) is 14.9. The van der Waals surface area contributed by atoms with E-state index in [-0.39, 0.29) is 17.2 Å². The summed E-state index contributed by atoms with van der Waals surface area (Å²) >= 11 is 0. The summed E-state index contributed by atoms with van der Waals surface area (Å²) in [5, 5.41) is 3.06. The molecule has 4 aliphatic carbocycles. The second-order valence-electron chi connectivity index (χ2n) is 9.18. The average Bonchev–Trinajstić information content (AvgIpc) is 2.55. The fourth-order valence-corrected chi connectivity index (χ4v) is 6.11. The Morgan fingerprint density at radius 3 is 2.00 bits per heavy atom. The monoisotopic (exact) mass is 348 g/mol. The first-order valence-corrected chi connectivity index (χ1v) is 10.6. The number of primary amides is 1. The maximum Gasteiger partial charge on any atom is 0.239 e. The van der Waals surface area contributed by atoms with Crippen LogP contribution in [-0.2, 0) is 9.59 Å². The van der Waals surface area contributed by atoms with E-state index >= 15 is 0 Å². The van der Waals surface area contributed by atoms with Gasteiger partial charge in [0, 0.05) is 5.41 Å². The molecule has 0 heterocycles. The van der Waals surface area contributed by atoms with Crippen LogP contribution in [0.15, 0.2) is 0 Å². The van der Waals surface area contributed by atoms with E-state index in [4.69, 9.17) is 5.73 Å². The molecule has 25 heavy (non-hydrogen) atoms. The smallest absolute Gasteiger partial charge is 0.239 e. The van der Waals surface area contributed by atoms with Crippen molar-refractivity contribution in [3.8, 4) is 0 Å². The molecular formula is C21H36N2O2. The summed E-state index contributed by atoms with van der Waals surface area (Å²) in [7, 11) is 0. The fraction of sp³-hybridized carbons (Fsp3) is 0.905. The lowest BCUT2D eigenvalue weighted by Gasteiger charge is -2.55.